The fourth-order valence-electron chi connectivity index (χ4n) is 21.7. The highest BCUT2D eigenvalue weighted by molar-refractivity contribution is 6.95. The smallest absolute Gasteiger partial charge is 0.200 e. The second kappa shape index (κ2) is 31.3. The predicted molar refractivity (Wildman–Crippen MR) is 454 cm³/mol. The van der Waals surface area contributed by atoms with Crippen LogP contribution >= 0.6 is 0 Å². The lowest BCUT2D eigenvalue weighted by Crippen LogP contribution is -2.53. The Labute approximate surface area is 624 Å². The van der Waals surface area contributed by atoms with Gasteiger partial charge in [-0.05, 0) is 215 Å². The quantitative estimate of drug-likeness (QED) is 0.0675. The summed E-state index contributed by atoms with van der Waals surface area (Å²) in [6.45, 7) is 46.1. The molecule has 544 valence electrons. The van der Waals surface area contributed by atoms with Crippen LogP contribution in [0.15, 0.2) is 134 Å². The monoisotopic (exact) mass is 1420 g/mol. The van der Waals surface area contributed by atoms with E-state index in [1.54, 1.807) is 32.3 Å². The van der Waals surface area contributed by atoms with Gasteiger partial charge in [0.1, 0.15) is 21.1 Å². The van der Waals surface area contributed by atoms with Crippen molar-refractivity contribution in [2.45, 2.75) is 309 Å². The average molecular weight is 1420 g/mol. The maximum Gasteiger partial charge on any atom is 0.220 e. The molecule has 0 unspecified atom stereocenters. The SMILES string of the molecule is CC[Si](CC)(c1ccc2c(-c3cc(C4CCCC4)cc(C)c3C)[n+](C)ccc2c1)C(C)(C)C.CC[Si](CC)(c1ccc2c(-c3cc(C4CCCC4)cc(C4CCCC4)c3C)[n+](C)ccc2c1)C(C)(C)C.CC[Si](CC)(c1ccc2c(-c3cc(C4CCCC4)ccc3C)[n+](C)ccc2c1)C(C)(C)C. The third kappa shape index (κ3) is 14.7. The van der Waals surface area contributed by atoms with Crippen LogP contribution in [0.1, 0.15) is 275 Å². The van der Waals surface area contributed by atoms with Crippen LogP contribution in [0, 0.1) is 27.7 Å². The maximum atomic E-state index is 2.64. The molecule has 0 aliphatic heterocycles. The van der Waals surface area contributed by atoms with Crippen LogP contribution < -0.4 is 29.3 Å². The van der Waals surface area contributed by atoms with Crippen molar-refractivity contribution in [3.63, 3.8) is 0 Å². The van der Waals surface area contributed by atoms with Crippen molar-refractivity contribution in [2.75, 3.05) is 0 Å². The Kier molecular flexibility index (Phi) is 23.7. The Bertz CT molecular complexity index is 4430. The number of nitrogens with zero attached hydrogens (tertiary/aromatic N) is 3. The van der Waals surface area contributed by atoms with Crippen LogP contribution in [0.3, 0.4) is 0 Å². The van der Waals surface area contributed by atoms with Crippen LogP contribution in [0.5, 0.6) is 0 Å². The van der Waals surface area contributed by atoms with Crippen molar-refractivity contribution < 1.29 is 13.7 Å². The first kappa shape index (κ1) is 77.3. The second-order valence-electron chi connectivity index (χ2n) is 36.1. The molecular formula is C96H136N3Si3+3. The summed E-state index contributed by atoms with van der Waals surface area (Å²) in [5.74, 6) is 2.98. The number of hydrogen-bond donors (Lipinski definition) is 0. The fraction of sp³-hybridized carbons (Fsp3) is 0.531. The summed E-state index contributed by atoms with van der Waals surface area (Å²) in [5.41, 5.74) is 20.6. The molecule has 6 aromatic carbocycles. The lowest BCUT2D eigenvalue weighted by molar-refractivity contribution is -0.659. The minimum absolute atomic E-state index is 0.356. The van der Waals surface area contributed by atoms with Gasteiger partial charge in [0.2, 0.25) is 17.1 Å². The fourth-order valence-corrected chi connectivity index (χ4v) is 37.1. The Morgan fingerprint density at radius 2 is 0.618 bits per heavy atom. The minimum Gasteiger partial charge on any atom is -0.200 e. The molecule has 4 aliphatic carbocycles. The lowest BCUT2D eigenvalue weighted by atomic mass is 9.84. The number of benzene rings is 6. The number of fused-ring (bicyclic) bond motifs is 3. The molecule has 4 saturated carbocycles. The number of pyridine rings is 3. The molecule has 3 aromatic heterocycles. The summed E-state index contributed by atoms with van der Waals surface area (Å²) >= 11 is 0. The van der Waals surface area contributed by atoms with Gasteiger partial charge in [0.25, 0.3) is 0 Å². The molecule has 4 aliphatic rings. The third-order valence-corrected chi connectivity index (χ3v) is 48.6. The molecular weight excluding hydrogens is 1280 g/mol. The van der Waals surface area contributed by atoms with E-state index in [2.05, 4.69) is 300 Å². The van der Waals surface area contributed by atoms with Gasteiger partial charge in [-0.3, -0.25) is 0 Å². The topological polar surface area (TPSA) is 11.6 Å². The summed E-state index contributed by atoms with van der Waals surface area (Å²) in [7, 11) is 1.86. The van der Waals surface area contributed by atoms with E-state index in [4.69, 9.17) is 0 Å². The van der Waals surface area contributed by atoms with Gasteiger partial charge < -0.3 is 0 Å². The molecule has 0 spiro atoms. The van der Waals surface area contributed by atoms with Crippen molar-refractivity contribution in [1.29, 1.82) is 0 Å². The van der Waals surface area contributed by atoms with E-state index in [-0.39, 0.29) is 0 Å². The Morgan fingerprint density at radius 3 is 0.961 bits per heavy atom. The molecule has 13 rings (SSSR count). The van der Waals surface area contributed by atoms with E-state index in [0.29, 0.717) is 15.1 Å². The molecule has 3 nitrogen and oxygen atoms in total. The second-order valence-corrected chi connectivity index (χ2v) is 53.1. The van der Waals surface area contributed by atoms with Gasteiger partial charge in [-0.25, -0.2) is 13.7 Å². The van der Waals surface area contributed by atoms with Crippen molar-refractivity contribution in [1.82, 2.24) is 0 Å². The van der Waals surface area contributed by atoms with E-state index in [0.717, 1.165) is 23.7 Å². The van der Waals surface area contributed by atoms with E-state index >= 15 is 0 Å². The number of aromatic nitrogens is 3. The zero-order chi connectivity index (χ0) is 73.4. The average Bonchev–Trinajstić information content (AvgIpc) is 0.967. The van der Waals surface area contributed by atoms with E-state index < -0.39 is 24.2 Å². The molecule has 0 saturated heterocycles. The van der Waals surface area contributed by atoms with E-state index in [9.17, 15) is 0 Å². The van der Waals surface area contributed by atoms with Gasteiger partial charge >= 0.3 is 0 Å². The van der Waals surface area contributed by atoms with Gasteiger partial charge in [-0.15, -0.1) is 0 Å². The van der Waals surface area contributed by atoms with Crippen LogP contribution in [-0.4, -0.2) is 24.2 Å². The zero-order valence-electron chi connectivity index (χ0n) is 68.4. The lowest BCUT2D eigenvalue weighted by Gasteiger charge is -2.42. The number of hydrogen-bond acceptors (Lipinski definition) is 0. The van der Waals surface area contributed by atoms with Crippen molar-refractivity contribution in [3.05, 3.63) is 178 Å². The first-order chi connectivity index (χ1) is 48.5. The van der Waals surface area contributed by atoms with Crippen LogP contribution in [0.25, 0.3) is 66.1 Å². The third-order valence-electron chi connectivity index (χ3n) is 28.5. The van der Waals surface area contributed by atoms with E-state index in [1.807, 2.05) is 0 Å². The highest BCUT2D eigenvalue weighted by atomic mass is 28.3. The molecule has 4 fully saturated rings. The molecule has 3 heterocycles. The Hall–Kier alpha value is -5.80. The summed E-state index contributed by atoms with van der Waals surface area (Å²) in [5, 5.41) is 14.4. The molecule has 9 aromatic rings. The maximum absolute atomic E-state index is 2.64. The van der Waals surface area contributed by atoms with Crippen LogP contribution in [0.2, 0.25) is 51.4 Å². The van der Waals surface area contributed by atoms with Gasteiger partial charge in [0, 0.05) is 23.8 Å². The van der Waals surface area contributed by atoms with Crippen molar-refractivity contribution in [2.24, 2.45) is 21.1 Å². The highest BCUT2D eigenvalue weighted by Crippen LogP contribution is 2.48. The molecule has 0 bridgehead atoms. The number of aryl methyl sites for hydroxylation is 5. The molecule has 0 radical (unpaired) electrons. The largest absolute Gasteiger partial charge is 0.220 e. The van der Waals surface area contributed by atoms with Crippen LogP contribution in [-0.2, 0) is 21.1 Å². The molecule has 0 N–H and O–H groups in total. The predicted octanol–water partition coefficient (Wildman–Crippen LogP) is 25.3. The van der Waals surface area contributed by atoms with Gasteiger partial charge in [-0.1, -0.05) is 268 Å². The molecule has 6 heteroatoms. The normalized spacial score (nSPS) is 16.4. The first-order valence-corrected chi connectivity index (χ1v) is 48.4. The standard InChI is InChI=1S/C35H50NSi.C31H44NSi.C30H42NSi/c1-8-37(9-2,35(4,5)6)30-18-19-31-28(22-30)20-21-36(7)34(31)33-24-29(26-14-10-11-15-26)23-32(25(33)3)27-16-12-13-17-27;1-9-33(10-2,31(5,6)7)27-15-16-28-25(20-27)17-18-32(8)30(28)29-21-26(19-22(3)23(29)4)24-13-11-12-14-24;1-8-32(9-2,30(4,5)6)26-16-17-27-25(20-26)18-19-31(7)29(27)28-21-24(15-14-22(28)3)23-12-10-11-13-23/h18-24,26-27H,8-17H2,1-7H3;15-21,24H,9-14H2,1-8H3;14-21,23H,8-13H2,1-7H3/q3*+1. The summed E-state index contributed by atoms with van der Waals surface area (Å²) in [6, 6.07) is 54.8. The molecule has 102 heavy (non-hydrogen) atoms. The van der Waals surface area contributed by atoms with Gasteiger partial charge in [0.05, 0.1) is 51.5 Å². The van der Waals surface area contributed by atoms with Gasteiger partial charge in [-0.2, -0.15) is 0 Å². The molecule has 0 amide bonds. The van der Waals surface area contributed by atoms with Crippen molar-refractivity contribution in [3.8, 4) is 33.8 Å². The van der Waals surface area contributed by atoms with Crippen molar-refractivity contribution >= 4 is 72.1 Å². The van der Waals surface area contributed by atoms with Crippen LogP contribution in [0.4, 0.5) is 0 Å². The summed E-state index contributed by atoms with van der Waals surface area (Å²) < 4.78 is 7.07. The van der Waals surface area contributed by atoms with Gasteiger partial charge in [0.15, 0.2) is 18.6 Å². The minimum atomic E-state index is -1.62. The summed E-state index contributed by atoms with van der Waals surface area (Å²) in [4.78, 5) is 0. The molecule has 0 atom stereocenters. The zero-order valence-corrected chi connectivity index (χ0v) is 71.4. The first-order valence-electron chi connectivity index (χ1n) is 41.2. The highest BCUT2D eigenvalue weighted by Gasteiger charge is 2.46. The van der Waals surface area contributed by atoms with E-state index in [1.165, 1.54) is 233 Å². The Balaban J connectivity index is 0.000000154. The Morgan fingerprint density at radius 1 is 0.314 bits per heavy atom. The summed E-state index contributed by atoms with van der Waals surface area (Å²) in [6.07, 6.45) is 28.8. The number of rotatable bonds is 16.